The van der Waals surface area contributed by atoms with Gasteiger partial charge in [0.1, 0.15) is 5.75 Å². The number of hydrogen-bond donors (Lipinski definition) is 0. The number of hydrogen-bond acceptors (Lipinski definition) is 2. The van der Waals surface area contributed by atoms with E-state index >= 15 is 0 Å². The molecule has 0 saturated heterocycles. The second kappa shape index (κ2) is 3.71. The number of halogens is 1. The molecule has 3 heteroatoms. The van der Waals surface area contributed by atoms with Crippen LogP contribution in [-0.4, -0.2) is 6.61 Å². The minimum absolute atomic E-state index is 0.287. The average Bonchev–Trinajstić information content (AvgIpc) is 3.11. The Balaban J connectivity index is 1.96. The van der Waals surface area contributed by atoms with E-state index in [1.807, 2.05) is 18.2 Å². The topological polar surface area (TPSA) is 9.23 Å². The van der Waals surface area contributed by atoms with Gasteiger partial charge in [-0.15, -0.1) is 0 Å². The molecule has 3 rings (SSSR count). The zero-order valence-electron chi connectivity index (χ0n) is 8.41. The molecule has 80 valence electrons. The summed E-state index contributed by atoms with van der Waals surface area (Å²) in [5.41, 5.74) is 1.29. The molecular weight excluding hydrogens is 211 g/mol. The van der Waals surface area contributed by atoms with Gasteiger partial charge in [-0.2, -0.15) is 3.89 Å². The maximum absolute atomic E-state index is 12.4. The molecule has 1 saturated carbocycles. The summed E-state index contributed by atoms with van der Waals surface area (Å²) in [7, 11) is 0. The molecule has 1 aliphatic heterocycles. The molecule has 0 bridgehead atoms. The molecule has 1 atom stereocenters. The Labute approximate surface area is 93.3 Å². The van der Waals surface area contributed by atoms with E-state index in [0.717, 1.165) is 24.7 Å². The van der Waals surface area contributed by atoms with Gasteiger partial charge in [0, 0.05) is 4.90 Å². The summed E-state index contributed by atoms with van der Waals surface area (Å²) >= 11 is 0.287. The van der Waals surface area contributed by atoms with Gasteiger partial charge in [0.25, 0.3) is 0 Å². The van der Waals surface area contributed by atoms with Gasteiger partial charge < -0.3 is 4.74 Å². The summed E-state index contributed by atoms with van der Waals surface area (Å²) < 4.78 is 18.0. The van der Waals surface area contributed by atoms with Crippen molar-refractivity contribution in [2.24, 2.45) is 5.92 Å². The molecule has 1 unspecified atom stereocenters. The van der Waals surface area contributed by atoms with E-state index in [1.165, 1.54) is 18.4 Å². The summed E-state index contributed by atoms with van der Waals surface area (Å²) in [5.74, 6) is 2.42. The highest BCUT2D eigenvalue weighted by Gasteiger charge is 2.35. The molecule has 0 radical (unpaired) electrons. The number of ether oxygens (including phenoxy) is 1. The maximum atomic E-state index is 12.4. The molecule has 0 N–H and O–H groups in total. The Bertz CT molecular complexity index is 376. The van der Waals surface area contributed by atoms with E-state index in [2.05, 4.69) is 0 Å². The Morgan fingerprint density at radius 3 is 2.87 bits per heavy atom. The first-order chi connectivity index (χ1) is 7.38. The zero-order chi connectivity index (χ0) is 10.3. The second-order valence-electron chi connectivity index (χ2n) is 4.36. The molecule has 15 heavy (non-hydrogen) atoms. The van der Waals surface area contributed by atoms with E-state index in [0.29, 0.717) is 10.8 Å². The molecule has 0 amide bonds. The summed E-state index contributed by atoms with van der Waals surface area (Å²) in [5, 5.41) is 0. The van der Waals surface area contributed by atoms with Gasteiger partial charge in [-0.1, -0.05) is 6.07 Å². The Morgan fingerprint density at radius 2 is 2.13 bits per heavy atom. The Hall–Kier alpha value is -0.700. The molecule has 2 aliphatic rings. The van der Waals surface area contributed by atoms with Crippen LogP contribution in [0.2, 0.25) is 0 Å². The minimum Gasteiger partial charge on any atom is -0.493 e. The molecule has 1 fully saturated rings. The number of fused-ring (bicyclic) bond motifs is 1. The smallest absolute Gasteiger partial charge is 0.123 e. The van der Waals surface area contributed by atoms with Crippen LogP contribution in [0.15, 0.2) is 23.1 Å². The lowest BCUT2D eigenvalue weighted by atomic mass is 9.89. The highest BCUT2D eigenvalue weighted by Crippen LogP contribution is 2.49. The Kier molecular flexibility index (Phi) is 2.35. The van der Waals surface area contributed by atoms with E-state index in [-0.39, 0.29) is 12.1 Å². The minimum atomic E-state index is 0.287. The quantitative estimate of drug-likeness (QED) is 0.752. The highest BCUT2D eigenvalue weighted by atomic mass is 32.2. The van der Waals surface area contributed by atoms with Gasteiger partial charge in [0.2, 0.25) is 0 Å². The van der Waals surface area contributed by atoms with Crippen molar-refractivity contribution >= 4 is 12.1 Å². The van der Waals surface area contributed by atoms with Crippen molar-refractivity contribution in [2.75, 3.05) is 6.61 Å². The summed E-state index contributed by atoms with van der Waals surface area (Å²) in [4.78, 5) is 0.644. The third-order valence-corrected chi connectivity index (χ3v) is 3.78. The third kappa shape index (κ3) is 1.73. The molecule has 0 aromatic heterocycles. The lowest BCUT2D eigenvalue weighted by molar-refractivity contribution is 0.258. The van der Waals surface area contributed by atoms with Crippen LogP contribution in [0.1, 0.15) is 30.7 Å². The van der Waals surface area contributed by atoms with E-state index in [1.54, 1.807) is 0 Å². The molecule has 1 nitrogen and oxygen atoms in total. The first-order valence-corrected chi connectivity index (χ1v) is 6.15. The number of benzene rings is 1. The van der Waals surface area contributed by atoms with Crippen molar-refractivity contribution in [3.05, 3.63) is 23.8 Å². The van der Waals surface area contributed by atoms with Crippen molar-refractivity contribution in [3.8, 4) is 5.75 Å². The van der Waals surface area contributed by atoms with Crippen LogP contribution < -0.4 is 4.74 Å². The lowest BCUT2D eigenvalue weighted by Gasteiger charge is -2.26. The van der Waals surface area contributed by atoms with Gasteiger partial charge in [-0.25, -0.2) is 0 Å². The molecule has 0 spiro atoms. The van der Waals surface area contributed by atoms with Crippen LogP contribution in [0.25, 0.3) is 0 Å². The van der Waals surface area contributed by atoms with Gasteiger partial charge in [0.15, 0.2) is 0 Å². The molecule has 1 aliphatic carbocycles. The van der Waals surface area contributed by atoms with Gasteiger partial charge >= 0.3 is 0 Å². The number of rotatable bonds is 2. The second-order valence-corrected chi connectivity index (χ2v) is 4.98. The SMILES string of the molecule is FSc1ccc2c(c1)OCCC2C1CC1. The van der Waals surface area contributed by atoms with Crippen molar-refractivity contribution in [1.29, 1.82) is 0 Å². The van der Waals surface area contributed by atoms with Gasteiger partial charge in [-0.3, -0.25) is 0 Å². The molecule has 1 aromatic carbocycles. The third-order valence-electron chi connectivity index (χ3n) is 3.35. The highest BCUT2D eigenvalue weighted by molar-refractivity contribution is 7.94. The summed E-state index contributed by atoms with van der Waals surface area (Å²) in [6, 6.07) is 5.72. The van der Waals surface area contributed by atoms with Crippen molar-refractivity contribution in [2.45, 2.75) is 30.1 Å². The first-order valence-electron chi connectivity index (χ1n) is 5.44. The van der Waals surface area contributed by atoms with E-state index < -0.39 is 0 Å². The van der Waals surface area contributed by atoms with Crippen molar-refractivity contribution in [1.82, 2.24) is 0 Å². The van der Waals surface area contributed by atoms with Gasteiger partial charge in [-0.05, 0) is 48.8 Å². The maximum Gasteiger partial charge on any atom is 0.123 e. The van der Waals surface area contributed by atoms with Crippen LogP contribution in [0.3, 0.4) is 0 Å². The Morgan fingerprint density at radius 1 is 1.27 bits per heavy atom. The predicted molar refractivity (Wildman–Crippen MR) is 59.0 cm³/mol. The van der Waals surface area contributed by atoms with Crippen LogP contribution in [0, 0.1) is 5.92 Å². The van der Waals surface area contributed by atoms with Gasteiger partial charge in [0.05, 0.1) is 18.8 Å². The van der Waals surface area contributed by atoms with Crippen molar-refractivity contribution < 1.29 is 8.62 Å². The van der Waals surface area contributed by atoms with E-state index in [4.69, 9.17) is 4.74 Å². The zero-order valence-corrected chi connectivity index (χ0v) is 9.23. The predicted octanol–water partition coefficient (Wildman–Crippen LogP) is 3.94. The largest absolute Gasteiger partial charge is 0.493 e. The van der Waals surface area contributed by atoms with Crippen LogP contribution in [-0.2, 0) is 0 Å². The fourth-order valence-corrected chi connectivity index (χ4v) is 2.70. The normalized spacial score (nSPS) is 24.5. The van der Waals surface area contributed by atoms with Crippen LogP contribution in [0.4, 0.5) is 3.89 Å². The standard InChI is InChI=1S/C12H13FOS/c13-15-9-3-4-11-10(8-1-2-8)5-6-14-12(11)7-9/h3-4,7-8,10H,1-2,5-6H2. The van der Waals surface area contributed by atoms with E-state index in [9.17, 15) is 3.89 Å². The monoisotopic (exact) mass is 224 g/mol. The first kappa shape index (κ1) is 9.52. The molecule has 1 aromatic rings. The molecule has 1 heterocycles. The molecular formula is C12H13FOS. The summed E-state index contributed by atoms with van der Waals surface area (Å²) in [6.45, 7) is 0.786. The average molecular weight is 224 g/mol. The van der Waals surface area contributed by atoms with Crippen molar-refractivity contribution in [3.63, 3.8) is 0 Å². The fraction of sp³-hybridized carbons (Fsp3) is 0.500. The van der Waals surface area contributed by atoms with Crippen LogP contribution in [0.5, 0.6) is 5.75 Å². The summed E-state index contributed by atoms with van der Waals surface area (Å²) in [6.07, 6.45) is 3.83. The fourth-order valence-electron chi connectivity index (χ4n) is 2.43. The lowest BCUT2D eigenvalue weighted by Crippen LogP contribution is -2.15. The van der Waals surface area contributed by atoms with Crippen LogP contribution >= 0.6 is 12.1 Å².